The number of hydrogen-bond acceptors (Lipinski definition) is 11. The van der Waals surface area contributed by atoms with Gasteiger partial charge in [0.1, 0.15) is 30.0 Å². The number of thioether (sulfide) groups is 1. The van der Waals surface area contributed by atoms with E-state index >= 15 is 0 Å². The second kappa shape index (κ2) is 9.71. The third-order valence-electron chi connectivity index (χ3n) is 5.95. The third kappa shape index (κ3) is 4.34. The van der Waals surface area contributed by atoms with Crippen molar-refractivity contribution < 1.29 is 34.0 Å². The molecule has 3 aromatic rings. The van der Waals surface area contributed by atoms with Gasteiger partial charge in [0.25, 0.3) is 11.8 Å². The Morgan fingerprint density at radius 3 is 2.89 bits per heavy atom. The van der Waals surface area contributed by atoms with E-state index in [1.165, 1.54) is 24.3 Å². The van der Waals surface area contributed by atoms with Gasteiger partial charge >= 0.3 is 0 Å². The molecule has 5 rings (SSSR count). The van der Waals surface area contributed by atoms with E-state index in [4.69, 9.17) is 10.6 Å². The predicted molar refractivity (Wildman–Crippen MR) is 133 cm³/mol. The fraction of sp³-hybridized carbons (Fsp3) is 0.217. The van der Waals surface area contributed by atoms with Crippen LogP contribution in [0.5, 0.6) is 5.75 Å². The number of carbonyl (C=O) groups excluding carboxylic acids is 3. The Kier molecular flexibility index (Phi) is 6.43. The third-order valence-corrected chi connectivity index (χ3v) is 7.96. The number of benzene rings is 1. The maximum absolute atomic E-state index is 13.1. The number of fused-ring (bicyclic) bond motifs is 2. The lowest BCUT2D eigenvalue weighted by Gasteiger charge is -2.50. The van der Waals surface area contributed by atoms with Crippen LogP contribution in [-0.4, -0.2) is 62.8 Å². The predicted octanol–water partition coefficient (Wildman–Crippen LogP) is -0.674. The normalized spacial score (nSPS) is 19.4. The van der Waals surface area contributed by atoms with Crippen LogP contribution in [0.2, 0.25) is 0 Å². The van der Waals surface area contributed by atoms with Gasteiger partial charge in [0, 0.05) is 28.8 Å². The molecule has 0 bridgehead atoms. The van der Waals surface area contributed by atoms with Crippen molar-refractivity contribution in [3.63, 3.8) is 0 Å². The van der Waals surface area contributed by atoms with Gasteiger partial charge in [0.2, 0.25) is 5.52 Å². The summed E-state index contributed by atoms with van der Waals surface area (Å²) in [4.78, 5) is 48.0. The van der Waals surface area contributed by atoms with E-state index in [0.717, 1.165) is 16.2 Å². The molecule has 2 aliphatic heterocycles. The van der Waals surface area contributed by atoms with E-state index in [0.29, 0.717) is 16.5 Å². The summed E-state index contributed by atoms with van der Waals surface area (Å²) in [5, 5.41) is 30.4. The summed E-state index contributed by atoms with van der Waals surface area (Å²) in [6, 6.07) is 7.60. The zero-order chi connectivity index (χ0) is 26.3. The highest BCUT2D eigenvalue weighted by atomic mass is 32.2. The van der Waals surface area contributed by atoms with Gasteiger partial charge in [0.05, 0.1) is 17.1 Å². The minimum absolute atomic E-state index is 0.104. The van der Waals surface area contributed by atoms with Crippen LogP contribution in [-0.2, 0) is 25.8 Å². The molecule has 4 heterocycles. The number of nitrogens with zero attached hydrogens (tertiary/aromatic N) is 4. The number of thiazole rings is 1. The second-order valence-corrected chi connectivity index (χ2v) is 10.1. The van der Waals surface area contributed by atoms with Crippen molar-refractivity contribution in [1.29, 1.82) is 0 Å². The molecule has 0 aliphatic carbocycles. The van der Waals surface area contributed by atoms with Crippen molar-refractivity contribution in [3.8, 4) is 5.75 Å². The van der Waals surface area contributed by atoms with Gasteiger partial charge in [-0.2, -0.15) is 4.57 Å². The van der Waals surface area contributed by atoms with Gasteiger partial charge in [-0.3, -0.25) is 14.5 Å². The molecule has 4 N–H and O–H groups in total. The number of anilines is 1. The van der Waals surface area contributed by atoms with E-state index in [2.05, 4.69) is 15.5 Å². The summed E-state index contributed by atoms with van der Waals surface area (Å²) in [5.41, 5.74) is 6.63. The number of aromatic hydroxyl groups is 1. The van der Waals surface area contributed by atoms with Crippen molar-refractivity contribution in [2.24, 2.45) is 5.16 Å². The van der Waals surface area contributed by atoms with E-state index in [9.17, 15) is 24.6 Å². The summed E-state index contributed by atoms with van der Waals surface area (Å²) < 4.78 is 1.80. The molecule has 190 valence electrons. The lowest BCUT2D eigenvalue weighted by Crippen LogP contribution is -2.71. The molecule has 2 aromatic heterocycles. The van der Waals surface area contributed by atoms with Crippen molar-refractivity contribution in [1.82, 2.24) is 15.2 Å². The van der Waals surface area contributed by atoms with E-state index < -0.39 is 29.2 Å². The Morgan fingerprint density at radius 2 is 2.19 bits per heavy atom. The largest absolute Gasteiger partial charge is 0.543 e. The smallest absolute Gasteiger partial charge is 0.276 e. The minimum atomic E-state index is -1.48. The topological polar surface area (TPSA) is 174 Å². The summed E-state index contributed by atoms with van der Waals surface area (Å²) in [6.07, 6.45) is 1.77. The molecule has 37 heavy (non-hydrogen) atoms. The molecule has 1 fully saturated rings. The number of carboxylic acids is 1. The standard InChI is InChI=1S/C23H20N6O6S2/c1-35-27-16(13-10-37-23(24)25-13)19(31)26-17-20(32)29-18(22(33)34)11(9-36-21(17)29)8-28-7-3-4-12-14(28)5-2-6-15(12)30/h2-7,10,17,21H,8-9H2,1H3,(H4,24,25,26,31,33,34)/b27-16-/t17-,21-/m1/s1. The number of hydrogen-bond donors (Lipinski definition) is 3. The van der Waals surface area contributed by atoms with Crippen LogP contribution in [0.4, 0.5) is 5.13 Å². The van der Waals surface area contributed by atoms with Crippen molar-refractivity contribution >= 4 is 62.6 Å². The molecule has 2 amide bonds. The Morgan fingerprint density at radius 1 is 1.38 bits per heavy atom. The highest BCUT2D eigenvalue weighted by molar-refractivity contribution is 8.00. The quantitative estimate of drug-likeness (QED) is 0.152. The zero-order valence-corrected chi connectivity index (χ0v) is 20.9. The molecule has 0 unspecified atom stereocenters. The Bertz CT molecular complexity index is 1500. The molecular formula is C23H20N6O6S2. The summed E-state index contributed by atoms with van der Waals surface area (Å²) in [5.74, 6) is -2.39. The highest BCUT2D eigenvalue weighted by Gasteiger charge is 2.53. The van der Waals surface area contributed by atoms with Crippen molar-refractivity contribution in [2.45, 2.75) is 18.0 Å². The fourth-order valence-electron chi connectivity index (χ4n) is 4.32. The van der Waals surface area contributed by atoms with E-state index in [-0.39, 0.29) is 40.3 Å². The molecular weight excluding hydrogens is 520 g/mol. The number of pyridine rings is 1. The average molecular weight is 541 g/mol. The molecule has 2 aliphatic rings. The molecule has 12 nitrogen and oxygen atoms in total. The number of oxime groups is 1. The first-order chi connectivity index (χ1) is 17.8. The molecule has 1 aromatic carbocycles. The van der Waals surface area contributed by atoms with Gasteiger partial charge in [-0.15, -0.1) is 23.1 Å². The fourth-order valence-corrected chi connectivity index (χ4v) is 6.21. The van der Waals surface area contributed by atoms with E-state index in [1.807, 2.05) is 6.07 Å². The van der Waals surface area contributed by atoms with Crippen LogP contribution < -0.4 is 20.7 Å². The SMILES string of the molecule is CO/N=C(\C(=O)N[C@@H]1C(=O)N2C(C(=O)[O-])=C(C[n+]3cccc4c(O)cccc43)CS[C@H]12)c1csc(N)n1. The summed E-state index contributed by atoms with van der Waals surface area (Å²) in [6.45, 7) is 0.167. The number of β-lactam (4-membered cyclic amide) rings is 1. The molecule has 1 saturated heterocycles. The lowest BCUT2D eigenvalue weighted by molar-refractivity contribution is -0.663. The van der Waals surface area contributed by atoms with Crippen LogP contribution in [0.1, 0.15) is 5.69 Å². The summed E-state index contributed by atoms with van der Waals surface area (Å²) in [7, 11) is 1.27. The number of phenolic OH excluding ortho intramolecular Hbond substituents is 1. The monoisotopic (exact) mass is 540 g/mol. The van der Waals surface area contributed by atoms with Gasteiger partial charge in [-0.25, -0.2) is 4.98 Å². The van der Waals surface area contributed by atoms with Gasteiger partial charge in [-0.05, 0) is 12.1 Å². The number of nitrogens with two attached hydrogens (primary N) is 1. The van der Waals surface area contributed by atoms with Crippen LogP contribution in [0.15, 0.2) is 58.3 Å². The van der Waals surface area contributed by atoms with Crippen LogP contribution >= 0.6 is 23.1 Å². The highest BCUT2D eigenvalue weighted by Crippen LogP contribution is 2.40. The maximum atomic E-state index is 13.1. The van der Waals surface area contributed by atoms with Gasteiger partial charge in [0.15, 0.2) is 23.6 Å². The number of rotatable bonds is 7. The molecule has 0 spiro atoms. The Hall–Kier alpha value is -4.17. The Balaban J connectivity index is 1.39. The first kappa shape index (κ1) is 24.5. The second-order valence-electron chi connectivity index (χ2n) is 8.14. The number of aliphatic carboxylic acids is 1. The summed E-state index contributed by atoms with van der Waals surface area (Å²) >= 11 is 2.44. The van der Waals surface area contributed by atoms with Gasteiger partial charge in [-0.1, -0.05) is 11.2 Å². The lowest BCUT2D eigenvalue weighted by atomic mass is 10.0. The van der Waals surface area contributed by atoms with Crippen LogP contribution in [0.25, 0.3) is 10.9 Å². The van der Waals surface area contributed by atoms with E-state index in [1.54, 1.807) is 35.0 Å². The molecule has 0 radical (unpaired) electrons. The van der Waals surface area contributed by atoms with Crippen LogP contribution in [0.3, 0.4) is 0 Å². The number of nitrogen functional groups attached to an aromatic ring is 1. The molecule has 0 saturated carbocycles. The number of carboxylic acid groups (broad SMARTS) is 1. The zero-order valence-electron chi connectivity index (χ0n) is 19.3. The maximum Gasteiger partial charge on any atom is 0.276 e. The van der Waals surface area contributed by atoms with Crippen molar-refractivity contribution in [2.75, 3.05) is 18.6 Å². The van der Waals surface area contributed by atoms with Crippen LogP contribution in [0, 0.1) is 0 Å². The average Bonchev–Trinajstić information content (AvgIpc) is 3.31. The number of phenols is 1. The minimum Gasteiger partial charge on any atom is -0.543 e. The number of amides is 2. The molecule has 2 atom stereocenters. The molecule has 14 heteroatoms. The number of aromatic nitrogens is 2. The van der Waals surface area contributed by atoms with Crippen molar-refractivity contribution in [3.05, 3.63) is 58.9 Å². The van der Waals surface area contributed by atoms with Gasteiger partial charge < -0.3 is 30.9 Å². The number of carbonyl (C=O) groups is 3. The first-order valence-electron chi connectivity index (χ1n) is 10.9. The number of nitrogens with one attached hydrogen (secondary N) is 1. The Labute approximate surface area is 218 Å². The first-order valence-corrected chi connectivity index (χ1v) is 12.8.